The molecule has 0 fully saturated rings. The van der Waals surface area contributed by atoms with Crippen molar-refractivity contribution in [1.29, 1.82) is 0 Å². The zero-order valence-electron chi connectivity index (χ0n) is 19.2. The van der Waals surface area contributed by atoms with Gasteiger partial charge < -0.3 is 15.8 Å². The van der Waals surface area contributed by atoms with E-state index < -0.39 is 32.8 Å². The highest BCUT2D eigenvalue weighted by atomic mass is 16.5. The third-order valence-corrected chi connectivity index (χ3v) is 2.60. The minimum absolute atomic E-state index is 0.0509. The topological polar surface area (TPSA) is 60.2 Å². The number of rotatable bonds is 6. The largest absolute Gasteiger partial charge is 0.497 e. The van der Waals surface area contributed by atoms with Crippen LogP contribution in [0.25, 0.3) is 10.9 Å². The van der Waals surface area contributed by atoms with Crippen LogP contribution in [0, 0.1) is 0 Å². The SMILES string of the molecule is [2H]C([2H])(N)CCC([2H])(Nc1cc(OC([2H])([2H])[2H])cc2cccnc12)C([2H])([2H])[2H]. The monoisotopic (exact) mass is 268 g/mol. The number of aromatic nitrogens is 1. The van der Waals surface area contributed by atoms with Crippen LogP contribution in [0.4, 0.5) is 5.69 Å². The molecule has 0 aliphatic heterocycles. The summed E-state index contributed by atoms with van der Waals surface area (Å²) < 4.78 is 73.1. The first-order valence-electron chi connectivity index (χ1n) is 10.2. The number of hydrogen-bond acceptors (Lipinski definition) is 4. The van der Waals surface area contributed by atoms with Gasteiger partial charge in [-0.3, -0.25) is 4.98 Å². The van der Waals surface area contributed by atoms with Gasteiger partial charge in [-0.15, -0.1) is 0 Å². The Morgan fingerprint density at radius 1 is 1.63 bits per heavy atom. The highest BCUT2D eigenvalue weighted by Crippen LogP contribution is 2.28. The molecule has 4 heteroatoms. The van der Waals surface area contributed by atoms with Crippen molar-refractivity contribution in [3.63, 3.8) is 0 Å². The predicted octanol–water partition coefficient (Wildman–Crippen LogP) is 2.78. The van der Waals surface area contributed by atoms with Gasteiger partial charge in [0.25, 0.3) is 0 Å². The molecule has 4 nitrogen and oxygen atoms in total. The first-order chi connectivity index (χ1) is 12.6. The molecule has 0 bridgehead atoms. The first kappa shape index (κ1) is 6.09. The molecule has 2 rings (SSSR count). The van der Waals surface area contributed by atoms with Crippen LogP contribution in [0.3, 0.4) is 0 Å². The van der Waals surface area contributed by atoms with Crippen LogP contribution in [0.1, 0.15) is 32.0 Å². The van der Waals surface area contributed by atoms with Crippen LogP contribution in [0.5, 0.6) is 5.75 Å². The number of nitrogens with one attached hydrogen (secondary N) is 1. The number of benzene rings is 1. The van der Waals surface area contributed by atoms with Gasteiger partial charge in [-0.2, -0.15) is 0 Å². The van der Waals surface area contributed by atoms with Crippen molar-refractivity contribution in [1.82, 2.24) is 4.98 Å². The third-order valence-electron chi connectivity index (χ3n) is 2.60. The molecular weight excluding hydrogens is 238 g/mol. The summed E-state index contributed by atoms with van der Waals surface area (Å²) in [4.78, 5) is 4.17. The van der Waals surface area contributed by atoms with E-state index in [0.717, 1.165) is 0 Å². The van der Waals surface area contributed by atoms with Gasteiger partial charge in [-0.05, 0) is 38.3 Å². The van der Waals surface area contributed by atoms with Crippen LogP contribution in [-0.4, -0.2) is 24.5 Å². The summed E-state index contributed by atoms with van der Waals surface area (Å²) in [5, 5.41) is 3.07. The van der Waals surface area contributed by atoms with E-state index in [4.69, 9.17) is 22.8 Å². The quantitative estimate of drug-likeness (QED) is 0.845. The Kier molecular flexibility index (Phi) is 2.05. The smallest absolute Gasteiger partial charge is 0.121 e. The van der Waals surface area contributed by atoms with Gasteiger partial charge >= 0.3 is 0 Å². The van der Waals surface area contributed by atoms with E-state index in [2.05, 4.69) is 10.3 Å². The molecule has 1 aromatic carbocycles. The van der Waals surface area contributed by atoms with E-state index in [9.17, 15) is 0 Å². The number of ether oxygens (including phenoxy) is 1. The van der Waals surface area contributed by atoms with Crippen LogP contribution in [0.15, 0.2) is 30.5 Å². The zero-order valence-corrected chi connectivity index (χ0v) is 10.2. The molecule has 0 aliphatic rings. The number of fused-ring (bicyclic) bond motifs is 1. The number of pyridine rings is 1. The lowest BCUT2D eigenvalue weighted by atomic mass is 10.1. The average Bonchev–Trinajstić information content (AvgIpc) is 2.49. The van der Waals surface area contributed by atoms with Crippen LogP contribution in [0.2, 0.25) is 0 Å². The van der Waals surface area contributed by atoms with Crippen LogP contribution in [-0.2, 0) is 0 Å². The van der Waals surface area contributed by atoms with E-state index in [-0.39, 0.29) is 17.9 Å². The molecule has 19 heavy (non-hydrogen) atoms. The van der Waals surface area contributed by atoms with Gasteiger partial charge in [0, 0.05) is 30.5 Å². The molecule has 0 saturated heterocycles. The van der Waals surface area contributed by atoms with E-state index in [1.165, 1.54) is 18.3 Å². The minimum atomic E-state index is -2.83. The second-order valence-electron chi connectivity index (χ2n) is 3.96. The van der Waals surface area contributed by atoms with Gasteiger partial charge in [0.05, 0.1) is 23.7 Å². The van der Waals surface area contributed by atoms with Crippen LogP contribution < -0.4 is 15.8 Å². The fraction of sp³-hybridized carbons (Fsp3) is 0.400. The molecule has 3 N–H and O–H groups in total. The summed E-state index contributed by atoms with van der Waals surface area (Å²) in [6.45, 7) is -4.98. The Labute approximate surface area is 126 Å². The van der Waals surface area contributed by atoms with Crippen molar-refractivity contribution >= 4 is 16.6 Å². The maximum absolute atomic E-state index is 8.44. The Morgan fingerprint density at radius 2 is 2.58 bits per heavy atom. The van der Waals surface area contributed by atoms with Crippen molar-refractivity contribution in [3.05, 3.63) is 30.5 Å². The minimum Gasteiger partial charge on any atom is -0.497 e. The third kappa shape index (κ3) is 3.35. The number of hydrogen-bond donors (Lipinski definition) is 2. The first-order valence-corrected chi connectivity index (χ1v) is 5.75. The zero-order chi connectivity index (χ0) is 21.4. The highest BCUT2D eigenvalue weighted by Gasteiger charge is 2.08. The molecule has 0 spiro atoms. The lowest BCUT2D eigenvalue weighted by Gasteiger charge is -2.17. The lowest BCUT2D eigenvalue weighted by molar-refractivity contribution is 0.415. The van der Waals surface area contributed by atoms with Gasteiger partial charge in [0.1, 0.15) is 5.75 Å². The number of nitrogens with two attached hydrogens (primary N) is 1. The summed E-state index contributed by atoms with van der Waals surface area (Å²) in [6, 6.07) is 3.67. The Morgan fingerprint density at radius 3 is 3.37 bits per heavy atom. The fourth-order valence-electron chi connectivity index (χ4n) is 1.74. The van der Waals surface area contributed by atoms with Crippen molar-refractivity contribution in [2.24, 2.45) is 5.73 Å². The van der Waals surface area contributed by atoms with Gasteiger partial charge in [-0.25, -0.2) is 0 Å². The fourth-order valence-corrected chi connectivity index (χ4v) is 1.74. The molecule has 1 heterocycles. The van der Waals surface area contributed by atoms with Gasteiger partial charge in [0.15, 0.2) is 0 Å². The van der Waals surface area contributed by atoms with Crippen molar-refractivity contribution in [3.8, 4) is 5.75 Å². The average molecular weight is 268 g/mol. The summed E-state index contributed by atoms with van der Waals surface area (Å²) >= 11 is 0. The maximum Gasteiger partial charge on any atom is 0.121 e. The standard InChI is InChI=1S/C15H21N3O/c1-11(5-3-7-16)18-14-10-13(19-2)9-12-6-4-8-17-15(12)14/h4,6,8-11,18H,3,5,7,16H2,1-2H3/i1D3,2D3,7D2,11D. The van der Waals surface area contributed by atoms with E-state index in [0.29, 0.717) is 10.9 Å². The molecule has 2 aromatic rings. The molecule has 0 saturated carbocycles. The lowest BCUT2D eigenvalue weighted by Crippen LogP contribution is -2.17. The summed E-state index contributed by atoms with van der Waals surface area (Å²) in [5.41, 5.74) is 5.71. The Bertz CT molecular complexity index is 832. The van der Waals surface area contributed by atoms with E-state index >= 15 is 0 Å². The Hall–Kier alpha value is -1.81. The second kappa shape index (κ2) is 6.38. The van der Waals surface area contributed by atoms with E-state index in [1.807, 2.05) is 0 Å². The normalized spacial score (nSPS) is 23.1. The summed E-state index contributed by atoms with van der Waals surface area (Å²) in [6.07, 6.45) is 0.668. The van der Waals surface area contributed by atoms with Crippen molar-refractivity contribution in [2.45, 2.75) is 25.7 Å². The predicted molar refractivity (Wildman–Crippen MR) is 79.7 cm³/mol. The van der Waals surface area contributed by atoms with E-state index in [1.54, 1.807) is 12.1 Å². The molecule has 1 atom stereocenters. The van der Waals surface area contributed by atoms with Gasteiger partial charge in [0.2, 0.25) is 0 Å². The van der Waals surface area contributed by atoms with Crippen molar-refractivity contribution in [2.75, 3.05) is 18.9 Å². The number of nitrogens with zero attached hydrogens (tertiary/aromatic N) is 1. The Balaban J connectivity index is 2.51. The molecule has 0 amide bonds. The summed E-state index contributed by atoms with van der Waals surface area (Å²) in [5.74, 6) is -0.0509. The molecule has 0 aliphatic carbocycles. The maximum atomic E-state index is 8.44. The molecule has 0 radical (unpaired) electrons. The van der Waals surface area contributed by atoms with Crippen LogP contribution >= 0.6 is 0 Å². The molecule has 102 valence electrons. The molecule has 1 unspecified atom stereocenters. The number of methoxy groups -OCH3 is 1. The van der Waals surface area contributed by atoms with Gasteiger partial charge in [-0.1, -0.05) is 6.07 Å². The molecule has 1 aromatic heterocycles. The number of anilines is 1. The second-order valence-corrected chi connectivity index (χ2v) is 3.96. The van der Waals surface area contributed by atoms with Crippen molar-refractivity contribution < 1.29 is 17.1 Å². The summed E-state index contributed by atoms with van der Waals surface area (Å²) in [7, 11) is -2.72. The molecular formula is C15H21N3O. The highest BCUT2D eigenvalue weighted by molar-refractivity contribution is 5.91.